The zero-order valence-corrected chi connectivity index (χ0v) is 18.8. The van der Waals surface area contributed by atoms with Crippen molar-refractivity contribution in [1.29, 1.82) is 0 Å². The summed E-state index contributed by atoms with van der Waals surface area (Å²) < 4.78 is 1.98. The van der Waals surface area contributed by atoms with E-state index in [0.717, 1.165) is 18.5 Å². The van der Waals surface area contributed by atoms with Gasteiger partial charge in [0.25, 0.3) is 11.6 Å². The van der Waals surface area contributed by atoms with Gasteiger partial charge in [0, 0.05) is 49.2 Å². The molecule has 1 aromatic carbocycles. The average molecular weight is 429 g/mol. The van der Waals surface area contributed by atoms with Gasteiger partial charge >= 0.3 is 0 Å². The van der Waals surface area contributed by atoms with Crippen LogP contribution in [-0.2, 0) is 18.4 Å². The van der Waals surface area contributed by atoms with E-state index in [-0.39, 0.29) is 35.7 Å². The number of amides is 2. The zero-order chi connectivity index (χ0) is 23.0. The van der Waals surface area contributed by atoms with Gasteiger partial charge < -0.3 is 14.4 Å². The molecule has 8 nitrogen and oxygen atoms in total. The van der Waals surface area contributed by atoms with E-state index in [1.165, 1.54) is 23.1 Å². The van der Waals surface area contributed by atoms with Gasteiger partial charge in [0.1, 0.15) is 6.54 Å². The highest BCUT2D eigenvalue weighted by molar-refractivity contribution is 5.97. The Kier molecular flexibility index (Phi) is 8.78. The number of nitro groups is 1. The molecule has 2 amide bonds. The summed E-state index contributed by atoms with van der Waals surface area (Å²) in [7, 11) is 1.94. The summed E-state index contributed by atoms with van der Waals surface area (Å²) in [6, 6.07) is 9.39. The number of carbonyl (C=O) groups is 2. The SMILES string of the molecule is CCCCN(Cc1cccn1C)C(=O)CN(C(=O)c1cccc([N+](=O)[O-])c1)[C@H](C)CC. The lowest BCUT2D eigenvalue weighted by Gasteiger charge is -2.31. The lowest BCUT2D eigenvalue weighted by atomic mass is 10.1. The van der Waals surface area contributed by atoms with Crippen molar-refractivity contribution in [2.75, 3.05) is 13.1 Å². The van der Waals surface area contributed by atoms with Gasteiger partial charge in [0.2, 0.25) is 5.91 Å². The Morgan fingerprint density at radius 1 is 1.19 bits per heavy atom. The second-order valence-electron chi connectivity index (χ2n) is 7.78. The Balaban J connectivity index is 2.25. The van der Waals surface area contributed by atoms with Crippen molar-refractivity contribution in [2.45, 2.75) is 52.6 Å². The van der Waals surface area contributed by atoms with Crippen molar-refractivity contribution in [1.82, 2.24) is 14.4 Å². The van der Waals surface area contributed by atoms with E-state index in [0.29, 0.717) is 19.5 Å². The molecule has 168 valence electrons. The topological polar surface area (TPSA) is 88.7 Å². The number of nitrogens with zero attached hydrogens (tertiary/aromatic N) is 4. The number of carbonyl (C=O) groups excluding carboxylic acids is 2. The number of nitro benzene ring substituents is 1. The molecule has 0 aliphatic rings. The molecule has 0 radical (unpaired) electrons. The van der Waals surface area contributed by atoms with E-state index < -0.39 is 4.92 Å². The molecule has 31 heavy (non-hydrogen) atoms. The first-order valence-electron chi connectivity index (χ1n) is 10.7. The van der Waals surface area contributed by atoms with Gasteiger partial charge in [-0.15, -0.1) is 0 Å². The molecule has 1 aromatic heterocycles. The van der Waals surface area contributed by atoms with Gasteiger partial charge in [-0.1, -0.05) is 26.3 Å². The van der Waals surface area contributed by atoms with Gasteiger partial charge in [-0.25, -0.2) is 0 Å². The largest absolute Gasteiger partial charge is 0.353 e. The van der Waals surface area contributed by atoms with Gasteiger partial charge in [0.15, 0.2) is 0 Å². The van der Waals surface area contributed by atoms with Crippen LogP contribution in [0.15, 0.2) is 42.6 Å². The number of hydrogen-bond acceptors (Lipinski definition) is 4. The summed E-state index contributed by atoms with van der Waals surface area (Å²) in [5.41, 5.74) is 1.09. The van der Waals surface area contributed by atoms with Crippen molar-refractivity contribution in [3.8, 4) is 0 Å². The van der Waals surface area contributed by atoms with Crippen LogP contribution in [-0.4, -0.2) is 50.2 Å². The predicted molar refractivity (Wildman–Crippen MR) is 120 cm³/mol. The molecule has 1 heterocycles. The molecule has 0 saturated heterocycles. The molecule has 0 spiro atoms. The normalized spacial score (nSPS) is 11.7. The Morgan fingerprint density at radius 3 is 2.52 bits per heavy atom. The summed E-state index contributed by atoms with van der Waals surface area (Å²) in [4.78, 5) is 40.3. The summed E-state index contributed by atoms with van der Waals surface area (Å²) in [5.74, 6) is -0.505. The molecule has 0 bridgehead atoms. The third kappa shape index (κ3) is 6.41. The van der Waals surface area contributed by atoms with E-state index in [9.17, 15) is 19.7 Å². The molecule has 0 aliphatic heterocycles. The highest BCUT2D eigenvalue weighted by Crippen LogP contribution is 2.18. The smallest absolute Gasteiger partial charge is 0.270 e. The van der Waals surface area contributed by atoms with Crippen molar-refractivity contribution >= 4 is 17.5 Å². The minimum Gasteiger partial charge on any atom is -0.353 e. The first kappa shape index (κ1) is 24.1. The number of aromatic nitrogens is 1. The second kappa shape index (κ2) is 11.3. The Hall–Kier alpha value is -3.16. The fourth-order valence-electron chi connectivity index (χ4n) is 3.31. The molecular weight excluding hydrogens is 396 g/mol. The van der Waals surface area contributed by atoms with E-state index >= 15 is 0 Å². The number of benzene rings is 1. The number of non-ortho nitro benzene ring substituents is 1. The van der Waals surface area contributed by atoms with Gasteiger partial charge in [-0.05, 0) is 38.0 Å². The quantitative estimate of drug-likeness (QED) is 0.400. The number of hydrogen-bond donors (Lipinski definition) is 0. The molecule has 0 N–H and O–H groups in total. The van der Waals surface area contributed by atoms with Crippen LogP contribution in [0.4, 0.5) is 5.69 Å². The Morgan fingerprint density at radius 2 is 1.94 bits per heavy atom. The van der Waals surface area contributed by atoms with Gasteiger partial charge in [0.05, 0.1) is 11.5 Å². The monoisotopic (exact) mass is 428 g/mol. The minimum absolute atomic E-state index is 0.0648. The molecule has 2 rings (SSSR count). The van der Waals surface area contributed by atoms with Crippen molar-refractivity contribution in [2.24, 2.45) is 7.05 Å². The van der Waals surface area contributed by atoms with Crippen LogP contribution >= 0.6 is 0 Å². The van der Waals surface area contributed by atoms with Crippen LogP contribution in [0.2, 0.25) is 0 Å². The number of aryl methyl sites for hydroxylation is 1. The maximum absolute atomic E-state index is 13.2. The molecule has 2 aromatic rings. The fourth-order valence-corrected chi connectivity index (χ4v) is 3.31. The first-order chi connectivity index (χ1) is 14.8. The van der Waals surface area contributed by atoms with Gasteiger partial charge in [-0.3, -0.25) is 19.7 Å². The molecule has 1 atom stereocenters. The second-order valence-corrected chi connectivity index (χ2v) is 7.78. The summed E-state index contributed by atoms with van der Waals surface area (Å²) in [6.45, 7) is 6.92. The summed E-state index contributed by atoms with van der Waals surface area (Å²) in [5, 5.41) is 11.1. The highest BCUT2D eigenvalue weighted by atomic mass is 16.6. The highest BCUT2D eigenvalue weighted by Gasteiger charge is 2.26. The maximum atomic E-state index is 13.2. The third-order valence-electron chi connectivity index (χ3n) is 5.53. The third-order valence-corrected chi connectivity index (χ3v) is 5.53. The molecule has 0 saturated carbocycles. The van der Waals surface area contributed by atoms with Crippen LogP contribution in [0.5, 0.6) is 0 Å². The first-order valence-corrected chi connectivity index (χ1v) is 10.7. The standard InChI is InChI=1S/C23H32N4O4/c1-5-7-14-25(16-21-12-9-13-24(21)4)22(28)17-26(18(3)6-2)23(29)19-10-8-11-20(15-19)27(30)31/h8-13,15,18H,5-7,14,16-17H2,1-4H3/t18-/m1/s1. The lowest BCUT2D eigenvalue weighted by Crippen LogP contribution is -2.46. The average Bonchev–Trinajstić information content (AvgIpc) is 3.18. The molecule has 0 unspecified atom stereocenters. The molecule has 8 heteroatoms. The van der Waals surface area contributed by atoms with Crippen LogP contribution in [0.25, 0.3) is 0 Å². The zero-order valence-electron chi connectivity index (χ0n) is 18.8. The van der Waals surface area contributed by atoms with Crippen LogP contribution in [0, 0.1) is 10.1 Å². The Bertz CT molecular complexity index is 908. The van der Waals surface area contributed by atoms with Crippen LogP contribution in [0.3, 0.4) is 0 Å². The maximum Gasteiger partial charge on any atom is 0.270 e. The molecular formula is C23H32N4O4. The minimum atomic E-state index is -0.526. The van der Waals surface area contributed by atoms with Crippen molar-refractivity contribution in [3.05, 3.63) is 64.0 Å². The van der Waals surface area contributed by atoms with Crippen LogP contribution < -0.4 is 0 Å². The van der Waals surface area contributed by atoms with Crippen molar-refractivity contribution in [3.63, 3.8) is 0 Å². The molecule has 0 aliphatic carbocycles. The van der Waals surface area contributed by atoms with E-state index in [4.69, 9.17) is 0 Å². The van der Waals surface area contributed by atoms with E-state index in [1.54, 1.807) is 11.0 Å². The molecule has 0 fully saturated rings. The Labute approximate surface area is 183 Å². The predicted octanol–water partition coefficient (Wildman–Crippen LogP) is 4.00. The van der Waals surface area contributed by atoms with Gasteiger partial charge in [-0.2, -0.15) is 0 Å². The number of rotatable bonds is 11. The number of unbranched alkanes of at least 4 members (excludes halogenated alkanes) is 1. The lowest BCUT2D eigenvalue weighted by molar-refractivity contribution is -0.384. The summed E-state index contributed by atoms with van der Waals surface area (Å²) >= 11 is 0. The van der Waals surface area contributed by atoms with E-state index in [2.05, 4.69) is 6.92 Å². The van der Waals surface area contributed by atoms with Crippen LogP contribution in [0.1, 0.15) is 56.1 Å². The fraction of sp³-hybridized carbons (Fsp3) is 0.478. The summed E-state index contributed by atoms with van der Waals surface area (Å²) in [6.07, 6.45) is 4.44. The van der Waals surface area contributed by atoms with Crippen molar-refractivity contribution < 1.29 is 14.5 Å². The van der Waals surface area contributed by atoms with E-state index in [1.807, 2.05) is 43.8 Å².